The van der Waals surface area contributed by atoms with Gasteiger partial charge < -0.3 is 9.88 Å². The molecule has 128 valence electrons. The molecule has 5 heteroatoms. The molecule has 0 aliphatic rings. The lowest BCUT2D eigenvalue weighted by atomic mass is 10.1. The van der Waals surface area contributed by atoms with E-state index < -0.39 is 0 Å². The van der Waals surface area contributed by atoms with E-state index in [4.69, 9.17) is 0 Å². The van der Waals surface area contributed by atoms with Crippen LogP contribution in [0.2, 0.25) is 0 Å². The SMILES string of the molecule is CC[C@@H](C)NC(=O)Cn1c(-c2ccc(F)cc2)cc(C(C)=O)c1C. The summed E-state index contributed by atoms with van der Waals surface area (Å²) in [5.74, 6) is -0.492. The fourth-order valence-corrected chi connectivity index (χ4v) is 2.63. The Hall–Kier alpha value is -2.43. The molecule has 0 fully saturated rings. The van der Waals surface area contributed by atoms with Gasteiger partial charge in [-0.15, -0.1) is 0 Å². The normalized spacial score (nSPS) is 12.0. The van der Waals surface area contributed by atoms with Crippen molar-refractivity contribution in [1.82, 2.24) is 9.88 Å². The number of halogens is 1. The van der Waals surface area contributed by atoms with Crippen LogP contribution in [0, 0.1) is 12.7 Å². The monoisotopic (exact) mass is 330 g/mol. The minimum absolute atomic E-state index is 0.0584. The number of carbonyl (C=O) groups excluding carboxylic acids is 2. The van der Waals surface area contributed by atoms with E-state index in [9.17, 15) is 14.0 Å². The first-order chi connectivity index (χ1) is 11.3. The molecule has 1 N–H and O–H groups in total. The number of rotatable bonds is 6. The predicted molar refractivity (Wildman–Crippen MR) is 92.5 cm³/mol. The molecule has 4 nitrogen and oxygen atoms in total. The number of hydrogen-bond donors (Lipinski definition) is 1. The molecule has 0 aliphatic heterocycles. The Labute approximate surface area is 141 Å². The number of aromatic nitrogens is 1. The van der Waals surface area contributed by atoms with Crippen LogP contribution in [0.15, 0.2) is 30.3 Å². The number of ketones is 1. The smallest absolute Gasteiger partial charge is 0.240 e. The van der Waals surface area contributed by atoms with Crippen molar-refractivity contribution < 1.29 is 14.0 Å². The van der Waals surface area contributed by atoms with Gasteiger partial charge in [0, 0.05) is 23.0 Å². The molecule has 0 saturated carbocycles. The predicted octanol–water partition coefficient (Wildman–Crippen LogP) is 3.72. The van der Waals surface area contributed by atoms with E-state index in [1.54, 1.807) is 18.2 Å². The molecule has 24 heavy (non-hydrogen) atoms. The van der Waals surface area contributed by atoms with Crippen molar-refractivity contribution in [3.05, 3.63) is 47.4 Å². The first kappa shape index (κ1) is 17.9. The van der Waals surface area contributed by atoms with E-state index in [2.05, 4.69) is 5.32 Å². The summed E-state index contributed by atoms with van der Waals surface area (Å²) in [7, 11) is 0. The van der Waals surface area contributed by atoms with Crippen LogP contribution < -0.4 is 5.32 Å². The van der Waals surface area contributed by atoms with Crippen LogP contribution in [0.3, 0.4) is 0 Å². The van der Waals surface area contributed by atoms with Gasteiger partial charge >= 0.3 is 0 Å². The van der Waals surface area contributed by atoms with Crippen molar-refractivity contribution >= 4 is 11.7 Å². The molecule has 0 saturated heterocycles. The van der Waals surface area contributed by atoms with Crippen LogP contribution in [0.4, 0.5) is 4.39 Å². The molecular formula is C19H23FN2O2. The summed E-state index contributed by atoms with van der Waals surface area (Å²) in [6.45, 7) is 7.39. The highest BCUT2D eigenvalue weighted by Gasteiger charge is 2.18. The molecular weight excluding hydrogens is 307 g/mol. The number of nitrogens with zero attached hydrogens (tertiary/aromatic N) is 1. The van der Waals surface area contributed by atoms with Crippen molar-refractivity contribution in [2.75, 3.05) is 0 Å². The minimum Gasteiger partial charge on any atom is -0.352 e. The first-order valence-corrected chi connectivity index (χ1v) is 8.09. The summed E-state index contributed by atoms with van der Waals surface area (Å²) in [6, 6.07) is 7.90. The van der Waals surface area contributed by atoms with Crippen molar-refractivity contribution in [3.63, 3.8) is 0 Å². The summed E-state index contributed by atoms with van der Waals surface area (Å²) in [5, 5.41) is 2.93. The lowest BCUT2D eigenvalue weighted by Crippen LogP contribution is -2.35. The lowest BCUT2D eigenvalue weighted by Gasteiger charge is -2.15. The zero-order valence-electron chi connectivity index (χ0n) is 14.5. The Morgan fingerprint density at radius 1 is 1.25 bits per heavy atom. The Bertz CT molecular complexity index is 747. The lowest BCUT2D eigenvalue weighted by molar-refractivity contribution is -0.122. The first-order valence-electron chi connectivity index (χ1n) is 8.09. The van der Waals surface area contributed by atoms with Crippen LogP contribution in [0.1, 0.15) is 43.2 Å². The van der Waals surface area contributed by atoms with Gasteiger partial charge in [0.2, 0.25) is 5.91 Å². The largest absolute Gasteiger partial charge is 0.352 e. The van der Waals surface area contributed by atoms with Crippen molar-refractivity contribution in [2.45, 2.75) is 46.7 Å². The van der Waals surface area contributed by atoms with Crippen LogP contribution >= 0.6 is 0 Å². The quantitative estimate of drug-likeness (QED) is 0.821. The van der Waals surface area contributed by atoms with Crippen LogP contribution in [0.25, 0.3) is 11.3 Å². The summed E-state index contributed by atoms with van der Waals surface area (Å²) in [5.41, 5.74) is 2.81. The molecule has 1 heterocycles. The Kier molecular flexibility index (Phi) is 5.54. The maximum Gasteiger partial charge on any atom is 0.240 e. The second-order valence-corrected chi connectivity index (χ2v) is 6.05. The summed E-state index contributed by atoms with van der Waals surface area (Å²) >= 11 is 0. The third-order valence-electron chi connectivity index (χ3n) is 4.21. The molecule has 0 unspecified atom stereocenters. The second kappa shape index (κ2) is 7.43. The van der Waals surface area contributed by atoms with Gasteiger partial charge in [0.25, 0.3) is 0 Å². The number of carbonyl (C=O) groups is 2. The van der Waals surface area contributed by atoms with Crippen LogP contribution in [0.5, 0.6) is 0 Å². The zero-order chi connectivity index (χ0) is 17.9. The van der Waals surface area contributed by atoms with Crippen molar-refractivity contribution in [1.29, 1.82) is 0 Å². The Morgan fingerprint density at radius 2 is 1.88 bits per heavy atom. The fourth-order valence-electron chi connectivity index (χ4n) is 2.63. The Morgan fingerprint density at radius 3 is 2.42 bits per heavy atom. The number of nitrogens with one attached hydrogen (secondary N) is 1. The maximum atomic E-state index is 13.2. The fraction of sp³-hybridized carbons (Fsp3) is 0.368. The molecule has 2 aromatic rings. The molecule has 1 amide bonds. The third kappa shape index (κ3) is 3.91. The molecule has 2 rings (SSSR count). The second-order valence-electron chi connectivity index (χ2n) is 6.05. The number of Topliss-reactive ketones (excluding diaryl/α,β-unsaturated/α-hetero) is 1. The van der Waals surface area contributed by atoms with E-state index in [0.29, 0.717) is 5.56 Å². The summed E-state index contributed by atoms with van der Waals surface area (Å²) < 4.78 is 15.0. The average molecular weight is 330 g/mol. The zero-order valence-corrected chi connectivity index (χ0v) is 14.5. The van der Waals surface area contributed by atoms with Gasteiger partial charge in [0.05, 0.1) is 0 Å². The van der Waals surface area contributed by atoms with Crippen LogP contribution in [-0.2, 0) is 11.3 Å². The number of benzene rings is 1. The standard InChI is InChI=1S/C19H23FN2O2/c1-5-12(2)21-19(24)11-22-13(3)17(14(4)23)10-18(22)15-6-8-16(20)9-7-15/h6-10,12H,5,11H2,1-4H3,(H,21,24)/t12-/m1/s1. The molecule has 1 atom stereocenters. The van der Waals surface area contributed by atoms with E-state index in [-0.39, 0.29) is 30.1 Å². The van der Waals surface area contributed by atoms with E-state index in [1.165, 1.54) is 19.1 Å². The van der Waals surface area contributed by atoms with Crippen LogP contribution in [-0.4, -0.2) is 22.3 Å². The van der Waals surface area contributed by atoms with Gasteiger partial charge in [-0.1, -0.05) is 6.92 Å². The summed E-state index contributed by atoms with van der Waals surface area (Å²) in [4.78, 5) is 24.1. The average Bonchev–Trinajstić information content (AvgIpc) is 2.85. The highest BCUT2D eigenvalue weighted by Crippen LogP contribution is 2.26. The molecule has 0 bridgehead atoms. The molecule has 0 radical (unpaired) electrons. The minimum atomic E-state index is -0.324. The highest BCUT2D eigenvalue weighted by atomic mass is 19.1. The highest BCUT2D eigenvalue weighted by molar-refractivity contribution is 5.97. The molecule has 1 aromatic carbocycles. The number of hydrogen-bond acceptors (Lipinski definition) is 2. The van der Waals surface area contributed by atoms with E-state index in [1.807, 2.05) is 25.3 Å². The van der Waals surface area contributed by atoms with Gasteiger partial charge in [-0.2, -0.15) is 0 Å². The van der Waals surface area contributed by atoms with Gasteiger partial charge in [0.15, 0.2) is 5.78 Å². The molecule has 1 aromatic heterocycles. The van der Waals surface area contributed by atoms with Gasteiger partial charge in [0.1, 0.15) is 12.4 Å². The van der Waals surface area contributed by atoms with Crippen molar-refractivity contribution in [3.8, 4) is 11.3 Å². The summed E-state index contributed by atoms with van der Waals surface area (Å²) in [6.07, 6.45) is 0.847. The van der Waals surface area contributed by atoms with E-state index in [0.717, 1.165) is 23.4 Å². The topological polar surface area (TPSA) is 51.1 Å². The molecule has 0 spiro atoms. The Balaban J connectivity index is 2.42. The van der Waals surface area contributed by atoms with E-state index >= 15 is 0 Å². The van der Waals surface area contributed by atoms with Gasteiger partial charge in [-0.25, -0.2) is 4.39 Å². The van der Waals surface area contributed by atoms with Gasteiger partial charge in [-0.05, 0) is 63.1 Å². The van der Waals surface area contributed by atoms with Gasteiger partial charge in [-0.3, -0.25) is 9.59 Å². The third-order valence-corrected chi connectivity index (χ3v) is 4.21. The number of amides is 1. The van der Waals surface area contributed by atoms with Crippen molar-refractivity contribution in [2.24, 2.45) is 0 Å². The molecule has 0 aliphatic carbocycles. The maximum absolute atomic E-state index is 13.2.